The van der Waals surface area contributed by atoms with Gasteiger partial charge in [-0.05, 0) is 77.3 Å². The van der Waals surface area contributed by atoms with Crippen molar-refractivity contribution < 1.29 is 14.3 Å². The maximum atomic E-state index is 13.8. The molecule has 2 aromatic carbocycles. The van der Waals surface area contributed by atoms with E-state index >= 15 is 0 Å². The second-order valence-corrected chi connectivity index (χ2v) is 10.8. The van der Waals surface area contributed by atoms with Gasteiger partial charge in [0.05, 0.1) is 23.8 Å². The summed E-state index contributed by atoms with van der Waals surface area (Å²) in [5.41, 5.74) is 3.87. The first-order valence-electron chi connectivity index (χ1n) is 12.3. The van der Waals surface area contributed by atoms with Gasteiger partial charge in [-0.1, -0.05) is 44.2 Å². The molecule has 37 heavy (non-hydrogen) atoms. The van der Waals surface area contributed by atoms with Crippen LogP contribution in [0.1, 0.15) is 50.8 Å². The van der Waals surface area contributed by atoms with Gasteiger partial charge in [0.2, 0.25) is 11.1 Å². The second-order valence-electron chi connectivity index (χ2n) is 8.72. The first-order chi connectivity index (χ1) is 17.9. The molecule has 8 nitrogen and oxygen atoms in total. The van der Waals surface area contributed by atoms with Gasteiger partial charge in [0, 0.05) is 11.4 Å². The van der Waals surface area contributed by atoms with Crippen molar-refractivity contribution in [3.8, 4) is 11.5 Å². The van der Waals surface area contributed by atoms with Crippen LogP contribution in [0.5, 0.6) is 11.5 Å². The Morgan fingerprint density at radius 2 is 2.05 bits per heavy atom. The standard InChI is InChI=1S/C27H32BrN5O3S/c1-6-8-12-36-24-20(28)14-18(15-21(24)35-5)23-22(25(34)30-19-11-9-10-16(3)13-19)17(4)29-26-31-27(37-7-2)32-33(23)26/h9-11,13-15,23H,6-8,12H2,1-5H3,(H,30,34)(H,29,31,32). The van der Waals surface area contributed by atoms with Crippen LogP contribution in [-0.4, -0.2) is 40.1 Å². The van der Waals surface area contributed by atoms with E-state index in [4.69, 9.17) is 14.6 Å². The first kappa shape index (κ1) is 27.1. The number of aryl methyl sites for hydroxylation is 1. The zero-order valence-corrected chi connectivity index (χ0v) is 24.1. The molecule has 196 valence electrons. The summed E-state index contributed by atoms with van der Waals surface area (Å²) in [6.07, 6.45) is 1.97. The zero-order chi connectivity index (χ0) is 26.5. The lowest BCUT2D eigenvalue weighted by atomic mass is 9.94. The Hall–Kier alpha value is -2.98. The number of aromatic nitrogens is 3. The Morgan fingerprint density at radius 1 is 1.24 bits per heavy atom. The minimum atomic E-state index is -0.533. The van der Waals surface area contributed by atoms with E-state index in [2.05, 4.69) is 45.4 Å². The van der Waals surface area contributed by atoms with Gasteiger partial charge in [-0.2, -0.15) is 4.98 Å². The van der Waals surface area contributed by atoms with E-state index in [-0.39, 0.29) is 5.91 Å². The van der Waals surface area contributed by atoms with Gasteiger partial charge >= 0.3 is 0 Å². The zero-order valence-electron chi connectivity index (χ0n) is 21.7. The summed E-state index contributed by atoms with van der Waals surface area (Å²) >= 11 is 5.22. The molecule has 0 spiro atoms. The summed E-state index contributed by atoms with van der Waals surface area (Å²) in [6, 6.07) is 11.1. The van der Waals surface area contributed by atoms with Gasteiger partial charge < -0.3 is 20.1 Å². The summed E-state index contributed by atoms with van der Waals surface area (Å²) in [6.45, 7) is 8.64. The second kappa shape index (κ2) is 12.0. The summed E-state index contributed by atoms with van der Waals surface area (Å²) < 4.78 is 14.3. The van der Waals surface area contributed by atoms with E-state index in [1.165, 1.54) is 0 Å². The van der Waals surface area contributed by atoms with Crippen LogP contribution in [0.4, 0.5) is 11.6 Å². The molecule has 0 radical (unpaired) electrons. The molecule has 1 amide bonds. The molecular weight excluding hydrogens is 554 g/mol. The molecular formula is C27H32BrN5O3S. The molecule has 1 aliphatic rings. The fourth-order valence-corrected chi connectivity index (χ4v) is 5.33. The van der Waals surface area contributed by atoms with Crippen LogP contribution >= 0.6 is 27.7 Å². The molecule has 10 heteroatoms. The number of hydrogen-bond acceptors (Lipinski definition) is 7. The van der Waals surface area contributed by atoms with Crippen LogP contribution in [0.3, 0.4) is 0 Å². The molecule has 2 N–H and O–H groups in total. The number of thioether (sulfide) groups is 1. The summed E-state index contributed by atoms with van der Waals surface area (Å²) in [5, 5.41) is 11.8. The Balaban J connectivity index is 1.80. The third-order valence-electron chi connectivity index (χ3n) is 5.94. The lowest BCUT2D eigenvalue weighted by Gasteiger charge is -2.29. The molecule has 1 aromatic heterocycles. The van der Waals surface area contributed by atoms with Gasteiger partial charge in [0.25, 0.3) is 5.91 Å². The maximum absolute atomic E-state index is 13.8. The molecule has 1 aliphatic heterocycles. The highest BCUT2D eigenvalue weighted by molar-refractivity contribution is 9.10. The Labute approximate surface area is 230 Å². The van der Waals surface area contributed by atoms with E-state index in [1.54, 1.807) is 23.6 Å². The summed E-state index contributed by atoms with van der Waals surface area (Å²) in [7, 11) is 1.62. The Morgan fingerprint density at radius 3 is 2.76 bits per heavy atom. The topological polar surface area (TPSA) is 90.3 Å². The molecule has 0 aliphatic carbocycles. The number of nitrogens with one attached hydrogen (secondary N) is 2. The van der Waals surface area contributed by atoms with Gasteiger partial charge in [0.15, 0.2) is 11.5 Å². The molecule has 0 saturated carbocycles. The number of benzene rings is 2. The van der Waals surface area contributed by atoms with Crippen molar-refractivity contribution >= 4 is 45.2 Å². The predicted octanol–water partition coefficient (Wildman–Crippen LogP) is 6.58. The number of hydrogen-bond donors (Lipinski definition) is 2. The van der Waals surface area contributed by atoms with Crippen molar-refractivity contribution in [3.05, 3.63) is 63.3 Å². The van der Waals surface area contributed by atoms with E-state index in [0.717, 1.165) is 39.9 Å². The van der Waals surface area contributed by atoms with Gasteiger partial charge in [-0.3, -0.25) is 4.79 Å². The highest BCUT2D eigenvalue weighted by Gasteiger charge is 2.35. The largest absolute Gasteiger partial charge is 0.493 e. The number of unbranched alkanes of at least 4 members (excludes halogenated alkanes) is 1. The van der Waals surface area contributed by atoms with Crippen LogP contribution in [0.2, 0.25) is 0 Å². The van der Waals surface area contributed by atoms with Gasteiger partial charge in [0.1, 0.15) is 6.04 Å². The summed E-state index contributed by atoms with van der Waals surface area (Å²) in [4.78, 5) is 18.4. The quantitative estimate of drug-likeness (QED) is 0.205. The van der Waals surface area contributed by atoms with E-state index < -0.39 is 6.04 Å². The molecule has 4 rings (SSSR count). The van der Waals surface area contributed by atoms with Crippen LogP contribution in [-0.2, 0) is 4.79 Å². The highest BCUT2D eigenvalue weighted by atomic mass is 79.9. The molecule has 0 fully saturated rings. The van der Waals surface area contributed by atoms with Crippen molar-refractivity contribution in [1.29, 1.82) is 0 Å². The van der Waals surface area contributed by atoms with Crippen molar-refractivity contribution in [2.24, 2.45) is 0 Å². The Kier molecular flexibility index (Phi) is 8.81. The minimum absolute atomic E-state index is 0.218. The SMILES string of the molecule is CCCCOc1c(Br)cc(C2C(C(=O)Nc3cccc(C)c3)=C(C)Nc3nc(SCC)nn32)cc1OC. The number of nitrogens with zero attached hydrogens (tertiary/aromatic N) is 3. The highest BCUT2D eigenvalue weighted by Crippen LogP contribution is 2.43. The monoisotopic (exact) mass is 585 g/mol. The molecule has 1 unspecified atom stereocenters. The van der Waals surface area contributed by atoms with Gasteiger partial charge in [-0.15, -0.1) is 5.10 Å². The van der Waals surface area contributed by atoms with Crippen molar-refractivity contribution in [2.75, 3.05) is 30.1 Å². The van der Waals surface area contributed by atoms with E-state index in [9.17, 15) is 4.79 Å². The number of allylic oxidation sites excluding steroid dienone is 1. The maximum Gasteiger partial charge on any atom is 0.255 e. The number of ether oxygens (including phenoxy) is 2. The Bertz CT molecular complexity index is 1320. The third-order valence-corrected chi connectivity index (χ3v) is 7.25. The smallest absolute Gasteiger partial charge is 0.255 e. The van der Waals surface area contributed by atoms with Gasteiger partial charge in [-0.25, -0.2) is 4.68 Å². The summed E-state index contributed by atoms with van der Waals surface area (Å²) in [5.74, 6) is 2.43. The third kappa shape index (κ3) is 5.96. The van der Waals surface area contributed by atoms with E-state index in [1.807, 2.05) is 50.2 Å². The molecule has 1 atom stereocenters. The normalized spacial score (nSPS) is 14.7. The number of methoxy groups -OCH3 is 1. The number of fused-ring (bicyclic) bond motifs is 1. The molecule has 0 saturated heterocycles. The number of rotatable bonds is 10. The lowest BCUT2D eigenvalue weighted by Crippen LogP contribution is -2.31. The molecule has 2 heterocycles. The fourth-order valence-electron chi connectivity index (χ4n) is 4.20. The van der Waals surface area contributed by atoms with Crippen molar-refractivity contribution in [1.82, 2.24) is 14.8 Å². The molecule has 0 bridgehead atoms. The first-order valence-corrected chi connectivity index (χ1v) is 14.1. The molecule has 3 aromatic rings. The number of carbonyl (C=O) groups is 1. The lowest BCUT2D eigenvalue weighted by molar-refractivity contribution is -0.113. The fraction of sp³-hybridized carbons (Fsp3) is 0.370. The number of amides is 1. The number of carbonyl (C=O) groups excluding carboxylic acids is 1. The average molecular weight is 587 g/mol. The van der Waals surface area contributed by atoms with Crippen LogP contribution in [0, 0.1) is 6.92 Å². The van der Waals surface area contributed by atoms with Crippen LogP contribution in [0.25, 0.3) is 0 Å². The number of anilines is 2. The van der Waals surface area contributed by atoms with Crippen LogP contribution in [0.15, 0.2) is 57.3 Å². The van der Waals surface area contributed by atoms with Crippen molar-refractivity contribution in [3.63, 3.8) is 0 Å². The van der Waals surface area contributed by atoms with E-state index in [0.29, 0.717) is 40.5 Å². The predicted molar refractivity (Wildman–Crippen MR) is 152 cm³/mol. The van der Waals surface area contributed by atoms with Crippen molar-refractivity contribution in [2.45, 2.75) is 51.7 Å². The average Bonchev–Trinajstić information content (AvgIpc) is 3.26. The minimum Gasteiger partial charge on any atom is -0.493 e. The van der Waals surface area contributed by atoms with Crippen LogP contribution < -0.4 is 20.1 Å². The number of halogens is 1.